The molecule has 0 bridgehead atoms. The monoisotopic (exact) mass is 178 g/mol. The number of nitrogens with zero attached hydrogens (tertiary/aromatic N) is 2. The molecule has 2 aromatic heterocycles. The standard InChI is InChI=1S/C8H6N2OS/c1-5(11)6-2-8-7(3-9-6)10-4-12-8/h2-4H,1H3. The summed E-state index contributed by atoms with van der Waals surface area (Å²) in [7, 11) is 0. The largest absolute Gasteiger partial charge is 0.293 e. The van der Waals surface area contributed by atoms with Crippen LogP contribution in [0.1, 0.15) is 17.4 Å². The van der Waals surface area contributed by atoms with Crippen LogP contribution in [0.3, 0.4) is 0 Å². The van der Waals surface area contributed by atoms with Crippen molar-refractivity contribution in [1.82, 2.24) is 9.97 Å². The third-order valence-electron chi connectivity index (χ3n) is 1.58. The summed E-state index contributed by atoms with van der Waals surface area (Å²) >= 11 is 1.52. The normalized spacial score (nSPS) is 10.4. The van der Waals surface area contributed by atoms with Crippen molar-refractivity contribution in [2.24, 2.45) is 0 Å². The number of hydrogen-bond donors (Lipinski definition) is 0. The second-order valence-electron chi connectivity index (χ2n) is 2.45. The third-order valence-corrected chi connectivity index (χ3v) is 2.37. The van der Waals surface area contributed by atoms with Crippen LogP contribution in [0, 0.1) is 0 Å². The van der Waals surface area contributed by atoms with Crippen LogP contribution in [-0.2, 0) is 0 Å². The topological polar surface area (TPSA) is 42.9 Å². The summed E-state index contributed by atoms with van der Waals surface area (Å²) < 4.78 is 1.01. The van der Waals surface area contributed by atoms with E-state index in [2.05, 4.69) is 9.97 Å². The predicted molar refractivity (Wildman–Crippen MR) is 47.4 cm³/mol. The van der Waals surface area contributed by atoms with E-state index in [1.165, 1.54) is 18.3 Å². The van der Waals surface area contributed by atoms with Crippen LogP contribution < -0.4 is 0 Å². The first kappa shape index (κ1) is 7.36. The van der Waals surface area contributed by atoms with Crippen LogP contribution >= 0.6 is 11.3 Å². The molecule has 0 spiro atoms. The Bertz CT molecular complexity index is 435. The van der Waals surface area contributed by atoms with Crippen molar-refractivity contribution in [3.05, 3.63) is 23.5 Å². The highest BCUT2D eigenvalue weighted by Crippen LogP contribution is 2.17. The minimum absolute atomic E-state index is 0.00898. The molecule has 0 atom stereocenters. The summed E-state index contributed by atoms with van der Waals surface area (Å²) in [5.41, 5.74) is 3.10. The van der Waals surface area contributed by atoms with Gasteiger partial charge in [0.05, 0.1) is 21.9 Å². The molecule has 12 heavy (non-hydrogen) atoms. The van der Waals surface area contributed by atoms with E-state index in [9.17, 15) is 4.79 Å². The first-order valence-corrected chi connectivity index (χ1v) is 4.35. The molecule has 0 aliphatic heterocycles. The van der Waals surface area contributed by atoms with Gasteiger partial charge in [0.1, 0.15) is 5.69 Å². The fourth-order valence-electron chi connectivity index (χ4n) is 0.953. The molecule has 0 saturated heterocycles. The van der Waals surface area contributed by atoms with Crippen molar-refractivity contribution in [3.8, 4) is 0 Å². The second kappa shape index (κ2) is 2.64. The third kappa shape index (κ3) is 1.10. The van der Waals surface area contributed by atoms with Gasteiger partial charge >= 0.3 is 0 Å². The smallest absolute Gasteiger partial charge is 0.178 e. The molecule has 0 unspecified atom stereocenters. The van der Waals surface area contributed by atoms with E-state index in [0.29, 0.717) is 5.69 Å². The molecule has 2 rings (SSSR count). The molecular weight excluding hydrogens is 172 g/mol. The van der Waals surface area contributed by atoms with Gasteiger partial charge < -0.3 is 0 Å². The number of carbonyl (C=O) groups is 1. The van der Waals surface area contributed by atoms with Crippen LogP contribution in [-0.4, -0.2) is 15.8 Å². The van der Waals surface area contributed by atoms with Gasteiger partial charge in [0.2, 0.25) is 0 Å². The molecule has 0 aromatic carbocycles. The zero-order valence-electron chi connectivity index (χ0n) is 6.44. The first-order valence-electron chi connectivity index (χ1n) is 3.47. The van der Waals surface area contributed by atoms with E-state index in [4.69, 9.17) is 0 Å². The van der Waals surface area contributed by atoms with E-state index >= 15 is 0 Å². The van der Waals surface area contributed by atoms with Crippen molar-refractivity contribution in [2.45, 2.75) is 6.92 Å². The maximum atomic E-state index is 10.9. The van der Waals surface area contributed by atoms with Gasteiger partial charge in [0.25, 0.3) is 0 Å². The van der Waals surface area contributed by atoms with Gasteiger partial charge in [-0.1, -0.05) is 0 Å². The summed E-state index contributed by atoms with van der Waals surface area (Å²) in [6.45, 7) is 1.51. The molecule has 60 valence electrons. The minimum Gasteiger partial charge on any atom is -0.293 e. The number of fused-ring (bicyclic) bond motifs is 1. The van der Waals surface area contributed by atoms with Gasteiger partial charge in [-0.3, -0.25) is 9.78 Å². The molecule has 0 aliphatic rings. The lowest BCUT2D eigenvalue weighted by molar-refractivity contribution is 0.101. The Morgan fingerprint density at radius 2 is 2.33 bits per heavy atom. The molecule has 0 amide bonds. The Labute approximate surface area is 73.1 Å². The molecule has 4 heteroatoms. The average Bonchev–Trinajstić information content (AvgIpc) is 2.49. The van der Waals surface area contributed by atoms with E-state index in [1.54, 1.807) is 17.8 Å². The number of pyridine rings is 1. The lowest BCUT2D eigenvalue weighted by Crippen LogP contribution is -1.94. The number of Topliss-reactive ketones (excluding diaryl/α,β-unsaturated/α-hetero) is 1. The Balaban J connectivity index is 2.68. The maximum Gasteiger partial charge on any atom is 0.178 e. The van der Waals surface area contributed by atoms with Crippen LogP contribution in [0.4, 0.5) is 0 Å². The van der Waals surface area contributed by atoms with Crippen LogP contribution in [0.25, 0.3) is 10.2 Å². The summed E-state index contributed by atoms with van der Waals surface area (Å²) in [6.07, 6.45) is 1.63. The highest BCUT2D eigenvalue weighted by atomic mass is 32.1. The van der Waals surface area contributed by atoms with Crippen molar-refractivity contribution >= 4 is 27.3 Å². The van der Waals surface area contributed by atoms with Crippen molar-refractivity contribution in [1.29, 1.82) is 0 Å². The Morgan fingerprint density at radius 1 is 1.50 bits per heavy atom. The highest BCUT2D eigenvalue weighted by molar-refractivity contribution is 7.16. The molecule has 0 saturated carbocycles. The number of rotatable bonds is 1. The summed E-state index contributed by atoms with van der Waals surface area (Å²) in [5.74, 6) is -0.00898. The average molecular weight is 178 g/mol. The molecule has 0 aliphatic carbocycles. The Hall–Kier alpha value is -1.29. The van der Waals surface area contributed by atoms with Gasteiger partial charge in [-0.15, -0.1) is 11.3 Å². The number of aromatic nitrogens is 2. The molecule has 2 heterocycles. The highest BCUT2D eigenvalue weighted by Gasteiger charge is 2.03. The van der Waals surface area contributed by atoms with E-state index < -0.39 is 0 Å². The zero-order valence-corrected chi connectivity index (χ0v) is 7.26. The van der Waals surface area contributed by atoms with E-state index in [0.717, 1.165) is 10.2 Å². The van der Waals surface area contributed by atoms with Crippen molar-refractivity contribution in [3.63, 3.8) is 0 Å². The van der Waals surface area contributed by atoms with E-state index in [-0.39, 0.29) is 5.78 Å². The van der Waals surface area contributed by atoms with Crippen molar-refractivity contribution < 1.29 is 4.79 Å². The summed E-state index contributed by atoms with van der Waals surface area (Å²) in [4.78, 5) is 19.0. The summed E-state index contributed by atoms with van der Waals surface area (Å²) in [5, 5.41) is 0. The van der Waals surface area contributed by atoms with Crippen LogP contribution in [0.15, 0.2) is 17.8 Å². The lowest BCUT2D eigenvalue weighted by Gasteiger charge is -1.92. The van der Waals surface area contributed by atoms with Crippen LogP contribution in [0.2, 0.25) is 0 Å². The Kier molecular flexibility index (Phi) is 1.62. The maximum absolute atomic E-state index is 10.9. The fraction of sp³-hybridized carbons (Fsp3) is 0.125. The SMILES string of the molecule is CC(=O)c1cc2scnc2cn1. The first-order chi connectivity index (χ1) is 5.77. The van der Waals surface area contributed by atoms with Crippen LogP contribution in [0.5, 0.6) is 0 Å². The van der Waals surface area contributed by atoms with Gasteiger partial charge in [-0.2, -0.15) is 0 Å². The minimum atomic E-state index is -0.00898. The molecule has 0 N–H and O–H groups in total. The van der Waals surface area contributed by atoms with Crippen molar-refractivity contribution in [2.75, 3.05) is 0 Å². The number of thiazole rings is 1. The van der Waals surface area contributed by atoms with Gasteiger partial charge in [-0.25, -0.2) is 4.98 Å². The molecule has 0 fully saturated rings. The Morgan fingerprint density at radius 3 is 3.08 bits per heavy atom. The number of carbonyl (C=O) groups excluding carboxylic acids is 1. The van der Waals surface area contributed by atoms with Gasteiger partial charge in [0.15, 0.2) is 5.78 Å². The molecule has 0 radical (unpaired) electrons. The fourth-order valence-corrected chi connectivity index (χ4v) is 1.64. The summed E-state index contributed by atoms with van der Waals surface area (Å²) in [6, 6.07) is 1.77. The van der Waals surface area contributed by atoms with Gasteiger partial charge in [0, 0.05) is 6.92 Å². The van der Waals surface area contributed by atoms with E-state index in [1.807, 2.05) is 0 Å². The quantitative estimate of drug-likeness (QED) is 0.626. The lowest BCUT2D eigenvalue weighted by atomic mass is 10.3. The predicted octanol–water partition coefficient (Wildman–Crippen LogP) is 1.89. The molecule has 3 nitrogen and oxygen atoms in total. The molecule has 2 aromatic rings. The zero-order chi connectivity index (χ0) is 8.55. The number of ketones is 1. The molecular formula is C8H6N2OS. The van der Waals surface area contributed by atoms with Gasteiger partial charge in [-0.05, 0) is 6.07 Å². The number of hydrogen-bond acceptors (Lipinski definition) is 4. The second-order valence-corrected chi connectivity index (χ2v) is 3.33.